The number of aromatic amines is 1. The molecule has 3 aliphatic carbocycles. The van der Waals surface area contributed by atoms with Crippen molar-refractivity contribution in [1.29, 1.82) is 0 Å². The van der Waals surface area contributed by atoms with Crippen LogP contribution in [0.3, 0.4) is 0 Å². The first-order valence-corrected chi connectivity index (χ1v) is 8.87. The Morgan fingerprint density at radius 2 is 1.76 bits per heavy atom. The molecule has 1 spiro atoms. The van der Waals surface area contributed by atoms with Gasteiger partial charge in [-0.1, -0.05) is 30.4 Å². The van der Waals surface area contributed by atoms with Gasteiger partial charge in [0, 0.05) is 22.7 Å². The summed E-state index contributed by atoms with van der Waals surface area (Å²) in [5, 5.41) is 6.44. The second-order valence-electron chi connectivity index (χ2n) is 7.74. The van der Waals surface area contributed by atoms with Crippen molar-refractivity contribution in [3.8, 4) is 0 Å². The molecule has 4 atom stereocenters. The van der Waals surface area contributed by atoms with Crippen molar-refractivity contribution in [1.82, 2.24) is 9.99 Å². The van der Waals surface area contributed by atoms with Crippen molar-refractivity contribution in [3.05, 3.63) is 48.2 Å². The first-order chi connectivity index (χ1) is 12.2. The van der Waals surface area contributed by atoms with E-state index >= 15 is 0 Å². The highest BCUT2D eigenvalue weighted by Crippen LogP contribution is 2.73. The number of para-hydroxylation sites is 1. The Hall–Kier alpha value is -2.69. The van der Waals surface area contributed by atoms with Crippen LogP contribution in [0, 0.1) is 29.1 Å². The van der Waals surface area contributed by atoms with Crippen molar-refractivity contribution >= 4 is 28.9 Å². The number of hydrazone groups is 1. The summed E-state index contributed by atoms with van der Waals surface area (Å²) in [5.41, 5.74) is 2.12. The number of H-pyrrole nitrogens is 1. The molecule has 5 heteroatoms. The molecule has 1 aliphatic heterocycles. The number of aromatic nitrogens is 1. The SMILES string of the molecule is O=C1C2C(C(=O)N1/N=C/c1c[nH]c3ccccc13)C1C=CC2C12CC2. The van der Waals surface area contributed by atoms with Crippen LogP contribution in [0.2, 0.25) is 0 Å². The molecule has 4 unspecified atom stereocenters. The van der Waals surface area contributed by atoms with Gasteiger partial charge in [-0.25, -0.2) is 0 Å². The molecular weight excluding hydrogens is 314 g/mol. The van der Waals surface area contributed by atoms with Gasteiger partial charge in [-0.15, -0.1) is 0 Å². The fraction of sp³-hybridized carbons (Fsp3) is 0.350. The third-order valence-electron chi connectivity index (χ3n) is 6.76. The summed E-state index contributed by atoms with van der Waals surface area (Å²) in [6.45, 7) is 0. The van der Waals surface area contributed by atoms with E-state index in [4.69, 9.17) is 0 Å². The topological polar surface area (TPSA) is 65.5 Å². The average Bonchev–Trinajstić information content (AvgIpc) is 3.00. The number of hydrogen-bond donors (Lipinski definition) is 1. The van der Waals surface area contributed by atoms with Gasteiger partial charge in [0.2, 0.25) is 0 Å². The number of rotatable bonds is 2. The quantitative estimate of drug-likeness (QED) is 0.522. The lowest BCUT2D eigenvalue weighted by Crippen LogP contribution is -2.30. The van der Waals surface area contributed by atoms with Crippen LogP contribution in [-0.4, -0.2) is 28.0 Å². The number of allylic oxidation sites excluding steroid dienone is 2. The molecule has 3 fully saturated rings. The van der Waals surface area contributed by atoms with Crippen molar-refractivity contribution in [2.24, 2.45) is 34.2 Å². The van der Waals surface area contributed by atoms with Gasteiger partial charge in [0.05, 0.1) is 18.1 Å². The van der Waals surface area contributed by atoms with E-state index in [1.165, 1.54) is 0 Å². The molecule has 2 saturated carbocycles. The van der Waals surface area contributed by atoms with Gasteiger partial charge in [-0.2, -0.15) is 10.1 Å². The van der Waals surface area contributed by atoms with E-state index in [0.717, 1.165) is 34.3 Å². The van der Waals surface area contributed by atoms with Crippen LogP contribution >= 0.6 is 0 Å². The predicted octanol–water partition coefficient (Wildman–Crippen LogP) is 2.70. The molecule has 2 amide bonds. The molecule has 1 saturated heterocycles. The molecule has 1 aromatic carbocycles. The summed E-state index contributed by atoms with van der Waals surface area (Å²) < 4.78 is 0. The molecule has 1 N–H and O–H groups in total. The standard InChI is InChI=1S/C20H17N3O2/c24-18-16-13-5-6-14(20(13)7-8-20)17(16)19(25)23(18)22-10-11-9-21-15-4-2-1-3-12(11)15/h1-6,9-10,13-14,16-17,21H,7-8H2/b22-10+. The number of carbonyl (C=O) groups is 2. The number of imide groups is 1. The van der Waals surface area contributed by atoms with E-state index in [0.29, 0.717) is 0 Å². The lowest BCUT2D eigenvalue weighted by molar-refractivity contribution is -0.141. The van der Waals surface area contributed by atoms with E-state index in [2.05, 4.69) is 22.2 Å². The van der Waals surface area contributed by atoms with Gasteiger partial charge in [0.25, 0.3) is 11.8 Å². The Balaban J connectivity index is 1.34. The molecule has 2 heterocycles. The van der Waals surface area contributed by atoms with Crippen LogP contribution in [0.5, 0.6) is 0 Å². The van der Waals surface area contributed by atoms with Crippen LogP contribution in [0.1, 0.15) is 18.4 Å². The summed E-state index contributed by atoms with van der Waals surface area (Å²) in [5.74, 6) is -0.127. The van der Waals surface area contributed by atoms with E-state index in [1.54, 1.807) is 6.21 Å². The largest absolute Gasteiger partial charge is 0.361 e. The number of nitrogens with zero attached hydrogens (tertiary/aromatic N) is 2. The summed E-state index contributed by atoms with van der Waals surface area (Å²) in [6, 6.07) is 7.91. The summed E-state index contributed by atoms with van der Waals surface area (Å²) in [6.07, 6.45) is 10.1. The van der Waals surface area contributed by atoms with Crippen LogP contribution < -0.4 is 0 Å². The first-order valence-electron chi connectivity index (χ1n) is 8.87. The highest BCUT2D eigenvalue weighted by atomic mass is 16.2. The minimum absolute atomic E-state index is 0.116. The number of carbonyl (C=O) groups excluding carboxylic acids is 2. The van der Waals surface area contributed by atoms with E-state index in [1.807, 2.05) is 30.5 Å². The number of fused-ring (bicyclic) bond motifs is 4. The maximum absolute atomic E-state index is 12.9. The minimum atomic E-state index is -0.190. The van der Waals surface area contributed by atoms with E-state index in [9.17, 15) is 9.59 Å². The molecule has 5 nitrogen and oxygen atoms in total. The van der Waals surface area contributed by atoms with Gasteiger partial charge in [0.15, 0.2) is 0 Å². The molecule has 25 heavy (non-hydrogen) atoms. The lowest BCUT2D eigenvalue weighted by atomic mass is 9.85. The molecule has 124 valence electrons. The molecule has 6 rings (SSSR count). The first kappa shape index (κ1) is 13.6. The number of benzene rings is 1. The van der Waals surface area contributed by atoms with Crippen LogP contribution in [0.15, 0.2) is 47.7 Å². The van der Waals surface area contributed by atoms with E-state index < -0.39 is 0 Å². The fourth-order valence-electron chi connectivity index (χ4n) is 5.50. The number of amides is 2. The summed E-state index contributed by atoms with van der Waals surface area (Å²) >= 11 is 0. The Kier molecular flexibility index (Phi) is 2.33. The van der Waals surface area contributed by atoms with Crippen molar-refractivity contribution in [2.75, 3.05) is 0 Å². The maximum atomic E-state index is 12.9. The van der Waals surface area contributed by atoms with Gasteiger partial charge in [0.1, 0.15) is 0 Å². The predicted molar refractivity (Wildman–Crippen MR) is 92.5 cm³/mol. The smallest absolute Gasteiger partial charge is 0.254 e. The van der Waals surface area contributed by atoms with Gasteiger partial charge >= 0.3 is 0 Å². The minimum Gasteiger partial charge on any atom is -0.361 e. The zero-order chi connectivity index (χ0) is 16.8. The Labute approximate surface area is 144 Å². The Bertz CT molecular complexity index is 963. The van der Waals surface area contributed by atoms with Crippen molar-refractivity contribution in [3.63, 3.8) is 0 Å². The maximum Gasteiger partial charge on any atom is 0.254 e. The Morgan fingerprint density at radius 1 is 1.08 bits per heavy atom. The Morgan fingerprint density at radius 3 is 2.44 bits per heavy atom. The van der Waals surface area contributed by atoms with Gasteiger partial charge in [-0.3, -0.25) is 9.59 Å². The third kappa shape index (κ3) is 1.52. The van der Waals surface area contributed by atoms with Crippen molar-refractivity contribution < 1.29 is 9.59 Å². The highest BCUT2D eigenvalue weighted by molar-refractivity contribution is 6.08. The van der Waals surface area contributed by atoms with Crippen LogP contribution in [-0.2, 0) is 9.59 Å². The second-order valence-corrected chi connectivity index (χ2v) is 7.74. The van der Waals surface area contributed by atoms with Crippen LogP contribution in [0.25, 0.3) is 10.9 Å². The average molecular weight is 331 g/mol. The highest BCUT2D eigenvalue weighted by Gasteiger charge is 2.73. The van der Waals surface area contributed by atoms with Gasteiger partial charge in [-0.05, 0) is 36.2 Å². The molecule has 2 bridgehead atoms. The molecule has 2 aromatic rings. The normalized spacial score (nSPS) is 34.2. The number of nitrogens with one attached hydrogen (secondary N) is 1. The molecule has 0 radical (unpaired) electrons. The van der Waals surface area contributed by atoms with Crippen molar-refractivity contribution in [2.45, 2.75) is 12.8 Å². The summed E-state index contributed by atoms with van der Waals surface area (Å²) in [4.78, 5) is 28.9. The second kappa shape index (κ2) is 4.28. The monoisotopic (exact) mass is 331 g/mol. The van der Waals surface area contributed by atoms with Crippen LogP contribution in [0.4, 0.5) is 0 Å². The zero-order valence-corrected chi connectivity index (χ0v) is 13.6. The zero-order valence-electron chi connectivity index (χ0n) is 13.6. The lowest BCUT2D eigenvalue weighted by Gasteiger charge is -2.18. The number of hydrogen-bond acceptors (Lipinski definition) is 3. The fourth-order valence-corrected chi connectivity index (χ4v) is 5.50. The summed E-state index contributed by atoms with van der Waals surface area (Å²) in [7, 11) is 0. The third-order valence-corrected chi connectivity index (χ3v) is 6.76. The van der Waals surface area contributed by atoms with Gasteiger partial charge < -0.3 is 4.98 Å². The molecule has 4 aliphatic rings. The van der Waals surface area contributed by atoms with E-state index in [-0.39, 0.29) is 40.9 Å². The molecule has 1 aromatic heterocycles. The molecular formula is C20H17N3O2.